The van der Waals surface area contributed by atoms with Crippen LogP contribution in [0.25, 0.3) is 0 Å². The number of hydrogen-bond donors (Lipinski definition) is 3. The third-order valence-corrected chi connectivity index (χ3v) is 2.64. The molecule has 1 atom stereocenters. The van der Waals surface area contributed by atoms with Crippen molar-refractivity contribution in [1.82, 2.24) is 5.32 Å². The minimum atomic E-state index is -1.05. The van der Waals surface area contributed by atoms with Crippen LogP contribution in [-0.2, 0) is 4.79 Å². The summed E-state index contributed by atoms with van der Waals surface area (Å²) < 4.78 is 5.29. The summed E-state index contributed by atoms with van der Waals surface area (Å²) in [5.41, 5.74) is 0.568. The lowest BCUT2D eigenvalue weighted by Crippen LogP contribution is -2.46. The molecule has 110 valence electrons. The van der Waals surface area contributed by atoms with Gasteiger partial charge in [-0.1, -0.05) is 13.8 Å². The number of anilines is 1. The summed E-state index contributed by atoms with van der Waals surface area (Å²) in [6, 6.07) is 5.38. The number of carbonyl (C=O) groups is 2. The van der Waals surface area contributed by atoms with Crippen LogP contribution >= 0.6 is 0 Å². The SMILES string of the molecule is CCOc1ccc(NC(=O)N[C@@H](C(=O)O)C(C)C)cc1. The molecule has 3 N–H and O–H groups in total. The molecule has 6 heteroatoms. The third kappa shape index (κ3) is 4.79. The van der Waals surface area contributed by atoms with E-state index in [0.717, 1.165) is 0 Å². The number of benzene rings is 1. The van der Waals surface area contributed by atoms with Gasteiger partial charge in [0.15, 0.2) is 0 Å². The average Bonchev–Trinajstić information content (AvgIpc) is 2.38. The highest BCUT2D eigenvalue weighted by molar-refractivity contribution is 5.92. The molecule has 2 amide bonds. The van der Waals surface area contributed by atoms with E-state index in [1.165, 1.54) is 0 Å². The molecule has 0 heterocycles. The van der Waals surface area contributed by atoms with Crippen LogP contribution in [-0.4, -0.2) is 29.8 Å². The van der Waals surface area contributed by atoms with Crippen LogP contribution in [0.2, 0.25) is 0 Å². The minimum absolute atomic E-state index is 0.196. The van der Waals surface area contributed by atoms with Gasteiger partial charge in [0.2, 0.25) is 0 Å². The smallest absolute Gasteiger partial charge is 0.326 e. The number of carbonyl (C=O) groups excluding carboxylic acids is 1. The van der Waals surface area contributed by atoms with Crippen molar-refractivity contribution in [2.75, 3.05) is 11.9 Å². The van der Waals surface area contributed by atoms with Crippen LogP contribution in [0, 0.1) is 5.92 Å². The van der Waals surface area contributed by atoms with Crippen molar-refractivity contribution in [1.29, 1.82) is 0 Å². The second-order valence-corrected chi connectivity index (χ2v) is 4.62. The summed E-state index contributed by atoms with van der Waals surface area (Å²) >= 11 is 0. The van der Waals surface area contributed by atoms with Crippen molar-refractivity contribution in [2.45, 2.75) is 26.8 Å². The summed E-state index contributed by atoms with van der Waals surface area (Å²) in [4.78, 5) is 22.7. The summed E-state index contributed by atoms with van der Waals surface area (Å²) in [5, 5.41) is 14.0. The molecule has 1 aromatic rings. The fourth-order valence-corrected chi connectivity index (χ4v) is 1.62. The molecule has 0 fully saturated rings. The molecule has 0 aliphatic carbocycles. The molecule has 0 aliphatic heterocycles. The second kappa shape index (κ2) is 7.37. The van der Waals surface area contributed by atoms with Crippen molar-refractivity contribution in [3.63, 3.8) is 0 Å². The van der Waals surface area contributed by atoms with Gasteiger partial charge in [0, 0.05) is 5.69 Å². The van der Waals surface area contributed by atoms with Crippen LogP contribution in [0.15, 0.2) is 24.3 Å². The van der Waals surface area contributed by atoms with Crippen molar-refractivity contribution >= 4 is 17.7 Å². The molecule has 0 aliphatic rings. The van der Waals surface area contributed by atoms with E-state index in [1.54, 1.807) is 38.1 Å². The van der Waals surface area contributed by atoms with Gasteiger partial charge in [-0.3, -0.25) is 0 Å². The standard InChI is InChI=1S/C14H20N2O4/c1-4-20-11-7-5-10(6-8-11)15-14(19)16-12(9(2)3)13(17)18/h5-9,12H,4H2,1-3H3,(H,17,18)(H2,15,16,19)/t12-/m1/s1. The maximum absolute atomic E-state index is 11.7. The lowest BCUT2D eigenvalue weighted by molar-refractivity contribution is -0.140. The summed E-state index contributed by atoms with van der Waals surface area (Å²) in [6.45, 7) is 5.92. The number of urea groups is 1. The van der Waals surface area contributed by atoms with E-state index in [0.29, 0.717) is 18.0 Å². The fourth-order valence-electron chi connectivity index (χ4n) is 1.62. The third-order valence-electron chi connectivity index (χ3n) is 2.64. The zero-order chi connectivity index (χ0) is 15.1. The molecule has 0 spiro atoms. The highest BCUT2D eigenvalue weighted by atomic mass is 16.5. The number of amides is 2. The van der Waals surface area contributed by atoms with Gasteiger partial charge in [0.05, 0.1) is 6.61 Å². The van der Waals surface area contributed by atoms with E-state index in [-0.39, 0.29) is 5.92 Å². The first-order chi connectivity index (χ1) is 9.43. The Balaban J connectivity index is 2.59. The van der Waals surface area contributed by atoms with Gasteiger partial charge >= 0.3 is 12.0 Å². The van der Waals surface area contributed by atoms with Gasteiger partial charge in [-0.15, -0.1) is 0 Å². The Kier molecular flexibility index (Phi) is 5.83. The topological polar surface area (TPSA) is 87.7 Å². The van der Waals surface area contributed by atoms with Gasteiger partial charge in [0.25, 0.3) is 0 Å². The van der Waals surface area contributed by atoms with E-state index in [2.05, 4.69) is 10.6 Å². The van der Waals surface area contributed by atoms with Gasteiger partial charge < -0.3 is 20.5 Å². The van der Waals surface area contributed by atoms with Crippen molar-refractivity contribution in [2.24, 2.45) is 5.92 Å². The molecule has 0 unspecified atom stereocenters. The Hall–Kier alpha value is -2.24. The van der Waals surface area contributed by atoms with Crippen molar-refractivity contribution in [3.05, 3.63) is 24.3 Å². The first kappa shape index (κ1) is 15.8. The molecule has 0 saturated carbocycles. The second-order valence-electron chi connectivity index (χ2n) is 4.62. The molecular formula is C14H20N2O4. The predicted octanol–water partition coefficient (Wildman–Crippen LogP) is 2.32. The van der Waals surface area contributed by atoms with E-state index >= 15 is 0 Å². The molecule has 20 heavy (non-hydrogen) atoms. The summed E-state index contributed by atoms with van der Waals surface area (Å²) in [7, 11) is 0. The number of rotatable bonds is 6. The van der Waals surface area contributed by atoms with Crippen LogP contribution in [0.3, 0.4) is 0 Å². The van der Waals surface area contributed by atoms with Crippen LogP contribution in [0.1, 0.15) is 20.8 Å². The van der Waals surface area contributed by atoms with Crippen molar-refractivity contribution < 1.29 is 19.4 Å². The number of carboxylic acid groups (broad SMARTS) is 1. The maximum Gasteiger partial charge on any atom is 0.326 e. The molecule has 0 aromatic heterocycles. The average molecular weight is 280 g/mol. The number of carboxylic acids is 1. The van der Waals surface area contributed by atoms with Crippen LogP contribution in [0.4, 0.5) is 10.5 Å². The number of aliphatic carboxylic acids is 1. The normalized spacial score (nSPS) is 11.8. The van der Waals surface area contributed by atoms with E-state index < -0.39 is 18.0 Å². The monoisotopic (exact) mass is 280 g/mol. The summed E-state index contributed by atoms with van der Waals surface area (Å²) in [5.74, 6) is -0.538. The Bertz CT molecular complexity index is 457. The minimum Gasteiger partial charge on any atom is -0.494 e. The van der Waals surface area contributed by atoms with Crippen LogP contribution in [0.5, 0.6) is 5.75 Å². The number of ether oxygens (including phenoxy) is 1. The molecule has 1 aromatic carbocycles. The lowest BCUT2D eigenvalue weighted by atomic mass is 10.1. The molecule has 0 saturated heterocycles. The molecular weight excluding hydrogens is 260 g/mol. The largest absolute Gasteiger partial charge is 0.494 e. The van der Waals surface area contributed by atoms with Crippen molar-refractivity contribution in [3.8, 4) is 5.75 Å². The zero-order valence-corrected chi connectivity index (χ0v) is 11.8. The lowest BCUT2D eigenvalue weighted by Gasteiger charge is -2.18. The van der Waals surface area contributed by atoms with Gasteiger partial charge in [-0.25, -0.2) is 9.59 Å². The number of nitrogens with one attached hydrogen (secondary N) is 2. The maximum atomic E-state index is 11.7. The Morgan fingerprint density at radius 1 is 1.25 bits per heavy atom. The van der Waals surface area contributed by atoms with Gasteiger partial charge in [-0.2, -0.15) is 0 Å². The Morgan fingerprint density at radius 3 is 2.30 bits per heavy atom. The number of hydrogen-bond acceptors (Lipinski definition) is 3. The fraction of sp³-hybridized carbons (Fsp3) is 0.429. The van der Waals surface area contributed by atoms with E-state index in [1.807, 2.05) is 6.92 Å². The Morgan fingerprint density at radius 2 is 1.85 bits per heavy atom. The van der Waals surface area contributed by atoms with Gasteiger partial charge in [-0.05, 0) is 37.1 Å². The quantitative estimate of drug-likeness (QED) is 0.746. The highest BCUT2D eigenvalue weighted by Crippen LogP contribution is 2.15. The molecule has 0 radical (unpaired) electrons. The highest BCUT2D eigenvalue weighted by Gasteiger charge is 2.23. The van der Waals surface area contributed by atoms with E-state index in [9.17, 15) is 9.59 Å². The van der Waals surface area contributed by atoms with Gasteiger partial charge in [0.1, 0.15) is 11.8 Å². The summed E-state index contributed by atoms with van der Waals surface area (Å²) in [6.07, 6.45) is 0. The predicted molar refractivity (Wildman–Crippen MR) is 76.0 cm³/mol. The first-order valence-electron chi connectivity index (χ1n) is 6.47. The first-order valence-corrected chi connectivity index (χ1v) is 6.47. The van der Waals surface area contributed by atoms with E-state index in [4.69, 9.17) is 9.84 Å². The molecule has 0 bridgehead atoms. The molecule has 6 nitrogen and oxygen atoms in total. The zero-order valence-electron chi connectivity index (χ0n) is 11.8. The van der Waals surface area contributed by atoms with Crippen LogP contribution < -0.4 is 15.4 Å². The Labute approximate surface area is 118 Å². The molecule has 1 rings (SSSR count).